The zero-order chi connectivity index (χ0) is 14.6. The molecule has 0 aliphatic rings. The molecular formula is C13H17NO5. The SMILES string of the molecule is COc1cc(C)c(C(NC(C)=O)C(=O)O)c(OC)c1. The lowest BCUT2D eigenvalue weighted by atomic mass is 9.99. The molecule has 0 aliphatic heterocycles. The van der Waals surface area contributed by atoms with Crippen LogP contribution in [-0.4, -0.2) is 31.2 Å². The average molecular weight is 267 g/mol. The van der Waals surface area contributed by atoms with Crippen molar-refractivity contribution in [1.29, 1.82) is 0 Å². The zero-order valence-corrected chi connectivity index (χ0v) is 11.3. The van der Waals surface area contributed by atoms with E-state index in [0.717, 1.165) is 0 Å². The van der Waals surface area contributed by atoms with E-state index in [2.05, 4.69) is 5.32 Å². The first-order valence-electron chi connectivity index (χ1n) is 5.63. The summed E-state index contributed by atoms with van der Waals surface area (Å²) in [6.07, 6.45) is 0. The Labute approximate surface area is 111 Å². The molecule has 0 saturated heterocycles. The van der Waals surface area contributed by atoms with Crippen molar-refractivity contribution in [3.63, 3.8) is 0 Å². The molecular weight excluding hydrogens is 250 g/mol. The van der Waals surface area contributed by atoms with Gasteiger partial charge in [-0.1, -0.05) is 0 Å². The number of methoxy groups -OCH3 is 2. The molecule has 1 aromatic carbocycles. The van der Waals surface area contributed by atoms with Crippen molar-refractivity contribution in [3.8, 4) is 11.5 Å². The van der Waals surface area contributed by atoms with Gasteiger partial charge in [0.25, 0.3) is 0 Å². The normalized spacial score (nSPS) is 11.6. The van der Waals surface area contributed by atoms with Crippen molar-refractivity contribution < 1.29 is 24.2 Å². The molecule has 0 spiro atoms. The van der Waals surface area contributed by atoms with E-state index in [4.69, 9.17) is 9.47 Å². The summed E-state index contributed by atoms with van der Waals surface area (Å²) in [5.74, 6) is -0.658. The van der Waals surface area contributed by atoms with Crippen LogP contribution in [0.3, 0.4) is 0 Å². The third kappa shape index (κ3) is 3.37. The first-order chi connectivity index (χ1) is 8.90. The quantitative estimate of drug-likeness (QED) is 0.839. The predicted octanol–water partition coefficient (Wildman–Crippen LogP) is 1.27. The Hall–Kier alpha value is -2.24. The number of carboxylic acid groups (broad SMARTS) is 1. The molecule has 1 aromatic rings. The molecule has 0 aromatic heterocycles. The van der Waals surface area contributed by atoms with Gasteiger partial charge in [0, 0.05) is 18.6 Å². The first-order valence-corrected chi connectivity index (χ1v) is 5.63. The summed E-state index contributed by atoms with van der Waals surface area (Å²) in [6.45, 7) is 3.00. The predicted molar refractivity (Wildman–Crippen MR) is 68.5 cm³/mol. The summed E-state index contributed by atoms with van der Waals surface area (Å²) < 4.78 is 10.3. The summed E-state index contributed by atoms with van der Waals surface area (Å²) >= 11 is 0. The van der Waals surface area contributed by atoms with Crippen molar-refractivity contribution in [3.05, 3.63) is 23.3 Å². The van der Waals surface area contributed by atoms with Crippen LogP contribution in [0.4, 0.5) is 0 Å². The van der Waals surface area contributed by atoms with Crippen molar-refractivity contribution >= 4 is 11.9 Å². The van der Waals surface area contributed by atoms with Gasteiger partial charge in [-0.25, -0.2) is 4.79 Å². The molecule has 6 nitrogen and oxygen atoms in total. The van der Waals surface area contributed by atoms with E-state index in [9.17, 15) is 14.7 Å². The Balaban J connectivity index is 3.36. The fourth-order valence-electron chi connectivity index (χ4n) is 1.85. The standard InChI is InChI=1S/C13H17NO5/c1-7-5-9(18-3)6-10(19-4)11(7)12(13(16)17)14-8(2)15/h5-6,12H,1-4H3,(H,14,15)(H,16,17). The van der Waals surface area contributed by atoms with E-state index in [-0.39, 0.29) is 0 Å². The number of hydrogen-bond donors (Lipinski definition) is 2. The number of amides is 1. The van der Waals surface area contributed by atoms with Crippen LogP contribution in [0.15, 0.2) is 12.1 Å². The minimum atomic E-state index is -1.15. The summed E-state index contributed by atoms with van der Waals surface area (Å²) in [5, 5.41) is 11.6. The Morgan fingerprint density at radius 1 is 1.26 bits per heavy atom. The van der Waals surface area contributed by atoms with Gasteiger partial charge in [-0.05, 0) is 18.6 Å². The first kappa shape index (κ1) is 14.8. The number of benzene rings is 1. The zero-order valence-electron chi connectivity index (χ0n) is 11.3. The molecule has 1 rings (SSSR count). The number of ether oxygens (including phenoxy) is 2. The number of aryl methyl sites for hydroxylation is 1. The van der Waals surface area contributed by atoms with Gasteiger partial charge in [0.05, 0.1) is 14.2 Å². The van der Waals surface area contributed by atoms with Gasteiger partial charge in [-0.3, -0.25) is 4.79 Å². The van der Waals surface area contributed by atoms with Crippen LogP contribution >= 0.6 is 0 Å². The lowest BCUT2D eigenvalue weighted by Gasteiger charge is -2.20. The Morgan fingerprint density at radius 2 is 1.89 bits per heavy atom. The highest BCUT2D eigenvalue weighted by molar-refractivity contribution is 5.84. The lowest BCUT2D eigenvalue weighted by molar-refractivity contribution is -0.141. The van der Waals surface area contributed by atoms with Crippen LogP contribution in [0.1, 0.15) is 24.1 Å². The molecule has 0 aliphatic carbocycles. The van der Waals surface area contributed by atoms with Crippen LogP contribution in [0.5, 0.6) is 11.5 Å². The van der Waals surface area contributed by atoms with Gasteiger partial charge in [-0.2, -0.15) is 0 Å². The Bertz CT molecular complexity index is 498. The minimum absolute atomic E-state index is 0.359. The van der Waals surface area contributed by atoms with E-state index < -0.39 is 17.9 Å². The second kappa shape index (κ2) is 6.08. The van der Waals surface area contributed by atoms with Gasteiger partial charge in [-0.15, -0.1) is 0 Å². The average Bonchev–Trinajstić information content (AvgIpc) is 2.34. The number of rotatable bonds is 5. The molecule has 0 radical (unpaired) electrons. The topological polar surface area (TPSA) is 84.9 Å². The van der Waals surface area contributed by atoms with Gasteiger partial charge < -0.3 is 19.9 Å². The van der Waals surface area contributed by atoms with Crippen molar-refractivity contribution in [2.45, 2.75) is 19.9 Å². The molecule has 6 heteroatoms. The van der Waals surface area contributed by atoms with Gasteiger partial charge in [0.1, 0.15) is 11.5 Å². The van der Waals surface area contributed by atoms with Gasteiger partial charge in [0.15, 0.2) is 6.04 Å². The number of carbonyl (C=O) groups is 2. The highest BCUT2D eigenvalue weighted by Crippen LogP contribution is 2.33. The molecule has 104 valence electrons. The largest absolute Gasteiger partial charge is 0.497 e. The second-order valence-corrected chi connectivity index (χ2v) is 4.03. The third-order valence-corrected chi connectivity index (χ3v) is 2.66. The molecule has 0 fully saturated rings. The highest BCUT2D eigenvalue weighted by Gasteiger charge is 2.26. The highest BCUT2D eigenvalue weighted by atomic mass is 16.5. The van der Waals surface area contributed by atoms with Crippen LogP contribution < -0.4 is 14.8 Å². The molecule has 1 amide bonds. The second-order valence-electron chi connectivity index (χ2n) is 4.03. The molecule has 0 heterocycles. The molecule has 0 bridgehead atoms. The van der Waals surface area contributed by atoms with E-state index in [1.807, 2.05) is 0 Å². The fraction of sp³-hybridized carbons (Fsp3) is 0.385. The summed E-state index contributed by atoms with van der Waals surface area (Å²) in [7, 11) is 2.95. The maximum atomic E-state index is 11.3. The van der Waals surface area contributed by atoms with Crippen LogP contribution in [0.2, 0.25) is 0 Å². The smallest absolute Gasteiger partial charge is 0.331 e. The van der Waals surface area contributed by atoms with Gasteiger partial charge in [0.2, 0.25) is 5.91 Å². The van der Waals surface area contributed by atoms with E-state index in [1.54, 1.807) is 19.1 Å². The van der Waals surface area contributed by atoms with Crippen LogP contribution in [-0.2, 0) is 9.59 Å². The Kier molecular flexibility index (Phi) is 4.74. The monoisotopic (exact) mass is 267 g/mol. The molecule has 1 unspecified atom stereocenters. The minimum Gasteiger partial charge on any atom is -0.497 e. The molecule has 19 heavy (non-hydrogen) atoms. The van der Waals surface area contributed by atoms with E-state index in [1.165, 1.54) is 21.1 Å². The van der Waals surface area contributed by atoms with Gasteiger partial charge >= 0.3 is 5.97 Å². The molecule has 0 saturated carbocycles. The van der Waals surface area contributed by atoms with Crippen molar-refractivity contribution in [2.24, 2.45) is 0 Å². The van der Waals surface area contributed by atoms with E-state index >= 15 is 0 Å². The molecule has 2 N–H and O–H groups in total. The lowest BCUT2D eigenvalue weighted by Crippen LogP contribution is -2.32. The Morgan fingerprint density at radius 3 is 2.32 bits per heavy atom. The number of carboxylic acids is 1. The van der Waals surface area contributed by atoms with Crippen molar-refractivity contribution in [1.82, 2.24) is 5.32 Å². The number of carbonyl (C=O) groups excluding carboxylic acids is 1. The van der Waals surface area contributed by atoms with Crippen LogP contribution in [0, 0.1) is 6.92 Å². The summed E-state index contributed by atoms with van der Waals surface area (Å²) in [6, 6.07) is 2.12. The third-order valence-electron chi connectivity index (χ3n) is 2.66. The van der Waals surface area contributed by atoms with Crippen molar-refractivity contribution in [2.75, 3.05) is 14.2 Å². The summed E-state index contributed by atoms with van der Waals surface area (Å²) in [5.41, 5.74) is 1.07. The van der Waals surface area contributed by atoms with Crippen LogP contribution in [0.25, 0.3) is 0 Å². The number of aliphatic carboxylic acids is 1. The molecule has 1 atom stereocenters. The number of nitrogens with one attached hydrogen (secondary N) is 1. The number of hydrogen-bond acceptors (Lipinski definition) is 4. The van der Waals surface area contributed by atoms with E-state index in [0.29, 0.717) is 22.6 Å². The summed E-state index contributed by atoms with van der Waals surface area (Å²) in [4.78, 5) is 22.4. The maximum absolute atomic E-state index is 11.3. The fourth-order valence-corrected chi connectivity index (χ4v) is 1.85. The maximum Gasteiger partial charge on any atom is 0.331 e.